The van der Waals surface area contributed by atoms with Gasteiger partial charge in [-0.1, -0.05) is 25.3 Å². The van der Waals surface area contributed by atoms with Gasteiger partial charge in [-0.05, 0) is 31.4 Å². The molecule has 1 aliphatic carbocycles. The molecule has 0 amide bonds. The van der Waals surface area contributed by atoms with Crippen LogP contribution in [0.2, 0.25) is 0 Å². The Kier molecular flexibility index (Phi) is 5.11. The van der Waals surface area contributed by atoms with Crippen molar-refractivity contribution >= 4 is 0 Å². The highest BCUT2D eigenvalue weighted by Crippen LogP contribution is 2.36. The summed E-state index contributed by atoms with van der Waals surface area (Å²) in [5.74, 6) is -1.20. The van der Waals surface area contributed by atoms with E-state index in [1.54, 1.807) is 0 Å². The molecule has 0 aromatic heterocycles. The average Bonchev–Trinajstić information content (AvgIpc) is 2.43. The summed E-state index contributed by atoms with van der Waals surface area (Å²) < 4.78 is 32.4. The van der Waals surface area contributed by atoms with Gasteiger partial charge in [-0.2, -0.15) is 0 Å². The highest BCUT2D eigenvalue weighted by Gasteiger charge is 2.40. The van der Waals surface area contributed by atoms with E-state index in [0.29, 0.717) is 12.2 Å². The summed E-state index contributed by atoms with van der Waals surface area (Å²) in [5, 5.41) is 10.5. The van der Waals surface area contributed by atoms with E-state index < -0.39 is 23.3 Å². The third-order valence-corrected chi connectivity index (χ3v) is 4.17. The zero-order valence-corrected chi connectivity index (χ0v) is 11.9. The standard InChI is InChI=1S/C16H22F2O2/c1-2-20-16(8-4-3-5-9-16)15(19)10-12-6-7-13(17)11-14(12)18/h6-7,11,15,19H,2-5,8-10H2,1H3. The predicted molar refractivity (Wildman–Crippen MR) is 73.5 cm³/mol. The summed E-state index contributed by atoms with van der Waals surface area (Å²) in [6, 6.07) is 3.48. The number of halogens is 2. The van der Waals surface area contributed by atoms with Gasteiger partial charge in [0.05, 0.1) is 11.7 Å². The second-order valence-corrected chi connectivity index (χ2v) is 5.51. The number of aliphatic hydroxyl groups excluding tert-OH is 1. The van der Waals surface area contributed by atoms with Crippen LogP contribution in [0, 0.1) is 11.6 Å². The van der Waals surface area contributed by atoms with Gasteiger partial charge < -0.3 is 9.84 Å². The van der Waals surface area contributed by atoms with Gasteiger partial charge in [0, 0.05) is 19.1 Å². The number of hydrogen-bond acceptors (Lipinski definition) is 2. The van der Waals surface area contributed by atoms with Crippen molar-refractivity contribution in [3.05, 3.63) is 35.4 Å². The zero-order valence-electron chi connectivity index (χ0n) is 11.9. The number of hydrogen-bond donors (Lipinski definition) is 1. The van der Waals surface area contributed by atoms with Crippen LogP contribution >= 0.6 is 0 Å². The van der Waals surface area contributed by atoms with Gasteiger partial charge in [0.1, 0.15) is 11.6 Å². The molecule has 0 radical (unpaired) electrons. The van der Waals surface area contributed by atoms with Crippen LogP contribution in [-0.2, 0) is 11.2 Å². The van der Waals surface area contributed by atoms with Crippen LogP contribution in [0.1, 0.15) is 44.6 Å². The zero-order chi connectivity index (χ0) is 14.6. The van der Waals surface area contributed by atoms with Gasteiger partial charge >= 0.3 is 0 Å². The molecule has 0 bridgehead atoms. The fourth-order valence-electron chi connectivity index (χ4n) is 3.09. The highest BCUT2D eigenvalue weighted by molar-refractivity contribution is 5.20. The first-order valence-corrected chi connectivity index (χ1v) is 7.33. The van der Waals surface area contributed by atoms with Crippen molar-refractivity contribution in [2.45, 2.75) is 57.2 Å². The molecule has 0 heterocycles. The maximum Gasteiger partial charge on any atom is 0.129 e. The molecule has 0 spiro atoms. The number of ether oxygens (including phenoxy) is 1. The van der Waals surface area contributed by atoms with E-state index in [1.165, 1.54) is 12.1 Å². The van der Waals surface area contributed by atoms with Crippen molar-refractivity contribution in [1.82, 2.24) is 0 Å². The minimum absolute atomic E-state index is 0.159. The minimum Gasteiger partial charge on any atom is -0.390 e. The normalized spacial score (nSPS) is 19.8. The van der Waals surface area contributed by atoms with E-state index in [1.807, 2.05) is 6.92 Å². The molecule has 2 rings (SSSR count). The van der Waals surface area contributed by atoms with Crippen molar-refractivity contribution in [2.75, 3.05) is 6.61 Å². The van der Waals surface area contributed by atoms with Gasteiger partial charge in [-0.3, -0.25) is 0 Å². The van der Waals surface area contributed by atoms with E-state index in [4.69, 9.17) is 4.74 Å². The lowest BCUT2D eigenvalue weighted by Crippen LogP contribution is -2.47. The SMILES string of the molecule is CCOC1(C(O)Cc2ccc(F)cc2F)CCCCC1. The summed E-state index contributed by atoms with van der Waals surface area (Å²) in [5.41, 5.74) is -0.239. The Morgan fingerprint density at radius 1 is 1.25 bits per heavy atom. The Labute approximate surface area is 118 Å². The molecule has 1 fully saturated rings. The van der Waals surface area contributed by atoms with Crippen LogP contribution in [0.5, 0.6) is 0 Å². The summed E-state index contributed by atoms with van der Waals surface area (Å²) in [7, 11) is 0. The first kappa shape index (κ1) is 15.4. The largest absolute Gasteiger partial charge is 0.390 e. The summed E-state index contributed by atoms with van der Waals surface area (Å²) >= 11 is 0. The van der Waals surface area contributed by atoms with Crippen molar-refractivity contribution in [1.29, 1.82) is 0 Å². The van der Waals surface area contributed by atoms with E-state index in [9.17, 15) is 13.9 Å². The lowest BCUT2D eigenvalue weighted by molar-refractivity contribution is -0.138. The molecular weight excluding hydrogens is 262 g/mol. The molecule has 0 saturated heterocycles. The molecule has 112 valence electrons. The molecule has 1 aromatic carbocycles. The van der Waals surface area contributed by atoms with Crippen molar-refractivity contribution in [3.63, 3.8) is 0 Å². The van der Waals surface area contributed by atoms with Crippen molar-refractivity contribution in [3.8, 4) is 0 Å². The molecule has 1 aromatic rings. The van der Waals surface area contributed by atoms with E-state index in [-0.39, 0.29) is 6.42 Å². The van der Waals surface area contributed by atoms with Crippen LogP contribution in [0.3, 0.4) is 0 Å². The van der Waals surface area contributed by atoms with Gasteiger partial charge in [0.15, 0.2) is 0 Å². The van der Waals surface area contributed by atoms with E-state index in [0.717, 1.165) is 38.2 Å². The fraction of sp³-hybridized carbons (Fsp3) is 0.625. The van der Waals surface area contributed by atoms with E-state index in [2.05, 4.69) is 0 Å². The molecule has 4 heteroatoms. The van der Waals surface area contributed by atoms with Gasteiger partial charge in [0.25, 0.3) is 0 Å². The molecule has 0 aliphatic heterocycles. The first-order valence-electron chi connectivity index (χ1n) is 7.33. The average molecular weight is 284 g/mol. The third kappa shape index (κ3) is 3.36. The third-order valence-electron chi connectivity index (χ3n) is 4.17. The Balaban J connectivity index is 2.13. The Bertz CT molecular complexity index is 437. The minimum atomic E-state index is -0.761. The van der Waals surface area contributed by atoms with Gasteiger partial charge in [-0.25, -0.2) is 8.78 Å². The van der Waals surface area contributed by atoms with Crippen LogP contribution < -0.4 is 0 Å². The van der Waals surface area contributed by atoms with Crippen molar-refractivity contribution in [2.24, 2.45) is 0 Å². The lowest BCUT2D eigenvalue weighted by Gasteiger charge is -2.41. The molecule has 1 N–H and O–H groups in total. The van der Waals surface area contributed by atoms with Gasteiger partial charge in [0.2, 0.25) is 0 Å². The second-order valence-electron chi connectivity index (χ2n) is 5.51. The molecule has 1 aliphatic rings. The first-order chi connectivity index (χ1) is 9.57. The molecule has 20 heavy (non-hydrogen) atoms. The lowest BCUT2D eigenvalue weighted by atomic mass is 9.78. The second kappa shape index (κ2) is 6.64. The summed E-state index contributed by atoms with van der Waals surface area (Å²) in [4.78, 5) is 0. The Hall–Kier alpha value is -1.00. The molecule has 1 saturated carbocycles. The molecular formula is C16H22F2O2. The quantitative estimate of drug-likeness (QED) is 0.895. The number of rotatable bonds is 5. The maximum absolute atomic E-state index is 13.7. The summed E-state index contributed by atoms with van der Waals surface area (Å²) in [6.45, 7) is 2.44. The molecule has 1 unspecified atom stereocenters. The van der Waals surface area contributed by atoms with Crippen LogP contribution in [0.25, 0.3) is 0 Å². The maximum atomic E-state index is 13.7. The number of aliphatic hydroxyl groups is 1. The fourth-order valence-corrected chi connectivity index (χ4v) is 3.09. The Morgan fingerprint density at radius 2 is 1.95 bits per heavy atom. The predicted octanol–water partition coefficient (Wildman–Crippen LogP) is 3.61. The topological polar surface area (TPSA) is 29.5 Å². The van der Waals surface area contributed by atoms with E-state index >= 15 is 0 Å². The smallest absolute Gasteiger partial charge is 0.129 e. The van der Waals surface area contributed by atoms with Crippen LogP contribution in [-0.4, -0.2) is 23.4 Å². The van der Waals surface area contributed by atoms with Crippen LogP contribution in [0.15, 0.2) is 18.2 Å². The number of benzene rings is 1. The molecule has 2 nitrogen and oxygen atoms in total. The highest BCUT2D eigenvalue weighted by atomic mass is 19.1. The van der Waals surface area contributed by atoms with Gasteiger partial charge in [-0.15, -0.1) is 0 Å². The summed E-state index contributed by atoms with van der Waals surface area (Å²) in [6.07, 6.45) is 4.17. The molecule has 1 atom stereocenters. The Morgan fingerprint density at radius 3 is 2.55 bits per heavy atom. The monoisotopic (exact) mass is 284 g/mol. The van der Waals surface area contributed by atoms with Crippen molar-refractivity contribution < 1.29 is 18.6 Å². The van der Waals surface area contributed by atoms with Crippen LogP contribution in [0.4, 0.5) is 8.78 Å².